The van der Waals surface area contributed by atoms with Crippen LogP contribution in [0.1, 0.15) is 45.2 Å². The third-order valence-electron chi connectivity index (χ3n) is 4.39. The van der Waals surface area contributed by atoms with Crippen molar-refractivity contribution >= 4 is 0 Å². The molecule has 0 aromatic heterocycles. The van der Waals surface area contributed by atoms with Crippen molar-refractivity contribution in [2.75, 3.05) is 19.6 Å². The fourth-order valence-corrected chi connectivity index (χ4v) is 3.24. The number of hydrogen-bond donors (Lipinski definition) is 1. The summed E-state index contributed by atoms with van der Waals surface area (Å²) in [4.78, 5) is 1.51. The average Bonchev–Trinajstić information content (AvgIpc) is 2.44. The zero-order valence-electron chi connectivity index (χ0n) is 14.2. The molecule has 0 aliphatic carbocycles. The van der Waals surface area contributed by atoms with Gasteiger partial charge in [0, 0.05) is 12.1 Å². The van der Waals surface area contributed by atoms with Gasteiger partial charge in [-0.15, -0.1) is 0 Å². The molecule has 1 unspecified atom stereocenters. The van der Waals surface area contributed by atoms with Crippen LogP contribution in [0, 0.1) is 5.41 Å². The second-order valence-corrected chi connectivity index (χ2v) is 7.54. The highest BCUT2D eigenvalue weighted by atomic mass is 19.4. The monoisotopic (exact) mass is 328 g/mol. The molecule has 0 spiro atoms. The molecule has 0 saturated carbocycles. The minimum Gasteiger partial charge on any atom is -0.307 e. The van der Waals surface area contributed by atoms with Crippen molar-refractivity contribution in [3.63, 3.8) is 0 Å². The molecule has 1 heterocycles. The Kier molecular flexibility index (Phi) is 5.74. The van der Waals surface area contributed by atoms with E-state index in [9.17, 15) is 13.2 Å². The summed E-state index contributed by atoms with van der Waals surface area (Å²) in [6.45, 7) is 6.79. The van der Waals surface area contributed by atoms with E-state index in [-0.39, 0.29) is 17.5 Å². The van der Waals surface area contributed by atoms with Gasteiger partial charge in [-0.25, -0.2) is 0 Å². The van der Waals surface area contributed by atoms with Gasteiger partial charge >= 0.3 is 6.18 Å². The van der Waals surface area contributed by atoms with Crippen molar-refractivity contribution in [2.24, 2.45) is 5.41 Å². The summed E-state index contributed by atoms with van der Waals surface area (Å²) in [6.07, 6.45) is -2.58. The molecule has 1 N–H and O–H groups in total. The van der Waals surface area contributed by atoms with Crippen molar-refractivity contribution in [1.29, 1.82) is 0 Å². The molecule has 1 atom stereocenters. The molecule has 5 heteroatoms. The lowest BCUT2D eigenvalue weighted by Crippen LogP contribution is -2.48. The summed E-state index contributed by atoms with van der Waals surface area (Å²) >= 11 is 0. The predicted molar refractivity (Wildman–Crippen MR) is 87.3 cm³/mol. The van der Waals surface area contributed by atoms with E-state index in [1.54, 1.807) is 0 Å². The molecule has 23 heavy (non-hydrogen) atoms. The highest BCUT2D eigenvalue weighted by Crippen LogP contribution is 2.34. The minimum absolute atomic E-state index is 0.0461. The van der Waals surface area contributed by atoms with Crippen LogP contribution in [0.25, 0.3) is 0 Å². The molecule has 1 aromatic rings. The first-order valence-electron chi connectivity index (χ1n) is 8.25. The third-order valence-corrected chi connectivity index (χ3v) is 4.39. The fraction of sp³-hybridized carbons (Fsp3) is 0.667. The van der Waals surface area contributed by atoms with E-state index in [1.807, 2.05) is 18.2 Å². The van der Waals surface area contributed by atoms with Crippen LogP contribution in [0.2, 0.25) is 0 Å². The molecule has 130 valence electrons. The Bertz CT molecular complexity index is 471. The number of hydrogen-bond acceptors (Lipinski definition) is 2. The minimum atomic E-state index is -4.10. The lowest BCUT2D eigenvalue weighted by atomic mass is 9.81. The average molecular weight is 328 g/mol. The fourth-order valence-electron chi connectivity index (χ4n) is 3.24. The highest BCUT2D eigenvalue weighted by Gasteiger charge is 2.34. The number of halogens is 3. The Balaban J connectivity index is 1.95. The molecule has 1 fully saturated rings. The molecule has 0 bridgehead atoms. The molecular weight excluding hydrogens is 301 g/mol. The summed E-state index contributed by atoms with van der Waals surface area (Å²) in [5, 5.41) is 3.69. The molecule has 1 saturated heterocycles. The number of piperidine rings is 1. The maximum atomic E-state index is 12.5. The van der Waals surface area contributed by atoms with Crippen molar-refractivity contribution < 1.29 is 13.2 Å². The molecular formula is C18H27F3N2. The van der Waals surface area contributed by atoms with Crippen LogP contribution in [0.3, 0.4) is 0 Å². The first-order chi connectivity index (χ1) is 10.6. The van der Waals surface area contributed by atoms with E-state index in [1.165, 1.54) is 10.5 Å². The van der Waals surface area contributed by atoms with Crippen LogP contribution >= 0.6 is 0 Å². The lowest BCUT2D eigenvalue weighted by molar-refractivity contribution is -0.148. The van der Waals surface area contributed by atoms with Crippen LogP contribution in [-0.2, 0) is 0 Å². The smallest absolute Gasteiger partial charge is 0.307 e. The largest absolute Gasteiger partial charge is 0.401 e. The quantitative estimate of drug-likeness (QED) is 0.882. The number of alkyl halides is 3. The van der Waals surface area contributed by atoms with Gasteiger partial charge in [-0.2, -0.15) is 13.2 Å². The number of nitrogens with one attached hydrogen (secondary N) is 1. The lowest BCUT2D eigenvalue weighted by Gasteiger charge is -2.39. The highest BCUT2D eigenvalue weighted by molar-refractivity contribution is 5.21. The number of rotatable bonds is 4. The van der Waals surface area contributed by atoms with E-state index in [2.05, 4.69) is 38.2 Å². The Morgan fingerprint density at radius 3 is 2.13 bits per heavy atom. The van der Waals surface area contributed by atoms with Crippen LogP contribution in [0.4, 0.5) is 13.2 Å². The van der Waals surface area contributed by atoms with Crippen LogP contribution in [0.5, 0.6) is 0 Å². The summed E-state index contributed by atoms with van der Waals surface area (Å²) in [6, 6.07) is 10.7. The van der Waals surface area contributed by atoms with Gasteiger partial charge in [-0.05, 0) is 36.9 Å². The van der Waals surface area contributed by atoms with Gasteiger partial charge < -0.3 is 5.32 Å². The van der Waals surface area contributed by atoms with Crippen LogP contribution in [0.15, 0.2) is 30.3 Å². The predicted octanol–water partition coefficient (Wildman–Crippen LogP) is 4.39. The molecule has 1 aliphatic heterocycles. The van der Waals surface area contributed by atoms with Crippen LogP contribution in [-0.4, -0.2) is 36.8 Å². The summed E-state index contributed by atoms with van der Waals surface area (Å²) in [7, 11) is 0. The zero-order chi connectivity index (χ0) is 17.1. The number of benzene rings is 1. The van der Waals surface area contributed by atoms with Gasteiger partial charge in [0.05, 0.1) is 6.54 Å². The van der Waals surface area contributed by atoms with Gasteiger partial charge in [0.2, 0.25) is 0 Å². The van der Waals surface area contributed by atoms with E-state index in [4.69, 9.17) is 0 Å². The van der Waals surface area contributed by atoms with Gasteiger partial charge in [0.1, 0.15) is 0 Å². The summed E-state index contributed by atoms with van der Waals surface area (Å²) in [5.41, 5.74) is 1.28. The Morgan fingerprint density at radius 1 is 1.09 bits per heavy atom. The number of nitrogens with zero attached hydrogens (tertiary/aromatic N) is 1. The standard InChI is InChI=1S/C18H27F3N2/c1-17(2,3)16(14-7-5-4-6-8-14)22-15-9-11-23(12-10-15)13-18(19,20)21/h4-8,15-16,22H,9-13H2,1-3H3. The normalized spacial score (nSPS) is 19.7. The Morgan fingerprint density at radius 2 is 1.65 bits per heavy atom. The van der Waals surface area contributed by atoms with Gasteiger partial charge in [-0.1, -0.05) is 51.1 Å². The van der Waals surface area contributed by atoms with Crippen molar-refractivity contribution in [3.05, 3.63) is 35.9 Å². The third kappa shape index (κ3) is 5.81. The topological polar surface area (TPSA) is 15.3 Å². The Hall–Kier alpha value is -1.07. The maximum Gasteiger partial charge on any atom is 0.401 e. The van der Waals surface area contributed by atoms with E-state index in [0.717, 1.165) is 12.8 Å². The van der Waals surface area contributed by atoms with Gasteiger partial charge in [-0.3, -0.25) is 4.90 Å². The molecule has 2 rings (SSSR count). The first-order valence-corrected chi connectivity index (χ1v) is 8.25. The maximum absolute atomic E-state index is 12.5. The van der Waals surface area contributed by atoms with E-state index in [0.29, 0.717) is 13.1 Å². The molecule has 0 radical (unpaired) electrons. The van der Waals surface area contributed by atoms with Crippen molar-refractivity contribution in [3.8, 4) is 0 Å². The van der Waals surface area contributed by atoms with Crippen molar-refractivity contribution in [1.82, 2.24) is 10.2 Å². The second-order valence-electron chi connectivity index (χ2n) is 7.54. The summed E-state index contributed by atoms with van der Waals surface area (Å²) in [5.74, 6) is 0. The summed E-state index contributed by atoms with van der Waals surface area (Å²) < 4.78 is 37.4. The molecule has 2 nitrogen and oxygen atoms in total. The van der Waals surface area contributed by atoms with Gasteiger partial charge in [0.25, 0.3) is 0 Å². The zero-order valence-corrected chi connectivity index (χ0v) is 14.2. The second kappa shape index (κ2) is 7.22. The molecule has 1 aromatic carbocycles. The first kappa shape index (κ1) is 18.3. The van der Waals surface area contributed by atoms with Crippen molar-refractivity contribution in [2.45, 2.75) is 51.9 Å². The molecule has 0 amide bonds. The SMILES string of the molecule is CC(C)(C)C(NC1CCN(CC(F)(F)F)CC1)c1ccccc1. The van der Waals surface area contributed by atoms with E-state index < -0.39 is 12.7 Å². The van der Waals surface area contributed by atoms with Gasteiger partial charge in [0.15, 0.2) is 0 Å². The Labute approximate surface area is 137 Å². The molecule has 1 aliphatic rings. The van der Waals surface area contributed by atoms with E-state index >= 15 is 0 Å². The number of likely N-dealkylation sites (tertiary alicyclic amines) is 1. The van der Waals surface area contributed by atoms with Crippen LogP contribution < -0.4 is 5.32 Å².